The van der Waals surface area contributed by atoms with Crippen LogP contribution in [0.4, 0.5) is 0 Å². The monoisotopic (exact) mass is 305 g/mol. The molecule has 0 saturated carbocycles. The summed E-state index contributed by atoms with van der Waals surface area (Å²) in [5, 5.41) is 0.895. The van der Waals surface area contributed by atoms with Crippen LogP contribution >= 0.6 is 27.3 Å². The highest BCUT2D eigenvalue weighted by Gasteiger charge is 2.09. The van der Waals surface area contributed by atoms with Crippen molar-refractivity contribution in [2.75, 3.05) is 7.11 Å². The molecule has 0 N–H and O–H groups in total. The first-order valence-electron chi connectivity index (χ1n) is 3.99. The van der Waals surface area contributed by atoms with Crippen LogP contribution in [0.2, 0.25) is 0 Å². The first-order valence-corrected chi connectivity index (χ1v) is 6.67. The van der Waals surface area contributed by atoms with Crippen molar-refractivity contribution in [2.45, 2.75) is 4.21 Å². The zero-order valence-electron chi connectivity index (χ0n) is 7.65. The Hall–Kier alpha value is -0.430. The van der Waals surface area contributed by atoms with Crippen LogP contribution in [0.5, 0.6) is 5.75 Å². The summed E-state index contributed by atoms with van der Waals surface area (Å²) in [5.74, 6) is 0.701. The highest BCUT2D eigenvalue weighted by atomic mass is 79.9. The van der Waals surface area contributed by atoms with Gasteiger partial charge in [0.2, 0.25) is 0 Å². The molecule has 0 radical (unpaired) electrons. The van der Waals surface area contributed by atoms with E-state index in [0.717, 1.165) is 14.6 Å². The molecule has 6 heteroatoms. The molecule has 0 spiro atoms. The summed E-state index contributed by atoms with van der Waals surface area (Å²) in [6.07, 6.45) is 0. The van der Waals surface area contributed by atoms with Gasteiger partial charge in [0.25, 0.3) is 0 Å². The highest BCUT2D eigenvalue weighted by molar-refractivity contribution is 9.10. The number of hydrogen-bond donors (Lipinski definition) is 0. The van der Waals surface area contributed by atoms with Crippen LogP contribution in [0.3, 0.4) is 0 Å². The number of rotatable bonds is 2. The normalized spacial score (nSPS) is 13.0. The van der Waals surface area contributed by atoms with Crippen LogP contribution in [-0.2, 0) is 11.1 Å². The van der Waals surface area contributed by atoms with Crippen molar-refractivity contribution in [3.63, 3.8) is 0 Å². The van der Waals surface area contributed by atoms with Gasteiger partial charge in [-0.2, -0.15) is 0 Å². The summed E-state index contributed by atoms with van der Waals surface area (Å²) in [5.41, 5.74) is 0. The van der Waals surface area contributed by atoms with Crippen molar-refractivity contribution in [3.05, 3.63) is 22.7 Å². The average molecular weight is 306 g/mol. The summed E-state index contributed by atoms with van der Waals surface area (Å²) < 4.78 is 28.7. The number of halogens is 1. The molecule has 1 aromatic heterocycles. The SMILES string of the molecule is COc1ccc2cc(S(=O)[O-])sc2c1Br. The Balaban J connectivity index is 2.71. The van der Waals surface area contributed by atoms with Gasteiger partial charge in [-0.05, 0) is 50.6 Å². The third-order valence-corrected chi connectivity index (χ3v) is 5.07. The van der Waals surface area contributed by atoms with Gasteiger partial charge in [0.05, 0.1) is 20.5 Å². The van der Waals surface area contributed by atoms with Gasteiger partial charge in [0, 0.05) is 0 Å². The minimum absolute atomic E-state index is 0.332. The predicted molar refractivity (Wildman–Crippen MR) is 63.3 cm³/mol. The molecule has 0 bridgehead atoms. The lowest BCUT2D eigenvalue weighted by atomic mass is 10.2. The molecular formula is C9H6BrO3S2-. The maximum atomic E-state index is 10.8. The van der Waals surface area contributed by atoms with E-state index in [0.29, 0.717) is 9.96 Å². The van der Waals surface area contributed by atoms with Gasteiger partial charge in [-0.15, -0.1) is 11.3 Å². The largest absolute Gasteiger partial charge is 0.768 e. The van der Waals surface area contributed by atoms with E-state index in [1.165, 1.54) is 11.3 Å². The lowest BCUT2D eigenvalue weighted by molar-refractivity contribution is 0.413. The molecule has 0 amide bonds. The number of hydrogen-bond acceptors (Lipinski definition) is 4. The van der Waals surface area contributed by atoms with E-state index in [1.807, 2.05) is 6.07 Å². The third kappa shape index (κ3) is 1.94. The van der Waals surface area contributed by atoms with E-state index in [-0.39, 0.29) is 0 Å². The molecule has 1 unspecified atom stereocenters. The second-order valence-electron chi connectivity index (χ2n) is 2.80. The minimum atomic E-state index is -2.17. The first-order chi connectivity index (χ1) is 7.13. The van der Waals surface area contributed by atoms with Gasteiger partial charge in [-0.3, -0.25) is 4.21 Å². The predicted octanol–water partition coefficient (Wildman–Crippen LogP) is 2.91. The second kappa shape index (κ2) is 4.21. The van der Waals surface area contributed by atoms with E-state index in [1.54, 1.807) is 19.2 Å². The smallest absolute Gasteiger partial charge is 0.134 e. The van der Waals surface area contributed by atoms with Gasteiger partial charge >= 0.3 is 0 Å². The molecule has 2 aromatic rings. The third-order valence-electron chi connectivity index (χ3n) is 1.95. The number of ether oxygens (including phenoxy) is 1. The fraction of sp³-hybridized carbons (Fsp3) is 0.111. The van der Waals surface area contributed by atoms with Crippen molar-refractivity contribution >= 4 is 48.4 Å². The van der Waals surface area contributed by atoms with E-state index in [2.05, 4.69) is 15.9 Å². The molecule has 0 fully saturated rings. The molecule has 0 aliphatic heterocycles. The molecule has 15 heavy (non-hydrogen) atoms. The van der Waals surface area contributed by atoms with Crippen molar-refractivity contribution in [2.24, 2.45) is 0 Å². The molecular weight excluding hydrogens is 300 g/mol. The summed E-state index contributed by atoms with van der Waals surface area (Å²) in [6.45, 7) is 0. The second-order valence-corrected chi connectivity index (χ2v) is 5.81. The van der Waals surface area contributed by atoms with E-state index < -0.39 is 11.1 Å². The fourth-order valence-corrected chi connectivity index (χ4v) is 3.60. The van der Waals surface area contributed by atoms with Gasteiger partial charge in [0.1, 0.15) is 5.75 Å². The molecule has 0 saturated heterocycles. The van der Waals surface area contributed by atoms with Crippen molar-refractivity contribution in [1.82, 2.24) is 0 Å². The minimum Gasteiger partial charge on any atom is -0.768 e. The lowest BCUT2D eigenvalue weighted by Gasteiger charge is -2.02. The van der Waals surface area contributed by atoms with E-state index in [4.69, 9.17) is 4.74 Å². The Bertz CT molecular complexity index is 535. The topological polar surface area (TPSA) is 49.4 Å². The summed E-state index contributed by atoms with van der Waals surface area (Å²) >= 11 is 2.44. The zero-order valence-corrected chi connectivity index (χ0v) is 10.9. The molecule has 1 atom stereocenters. The first kappa shape index (κ1) is 11.1. The van der Waals surface area contributed by atoms with Gasteiger partial charge in [0.15, 0.2) is 0 Å². The molecule has 1 aromatic carbocycles. The van der Waals surface area contributed by atoms with Gasteiger partial charge in [-0.25, -0.2) is 0 Å². The molecule has 1 heterocycles. The number of fused-ring (bicyclic) bond motifs is 1. The Labute approximate surface area is 101 Å². The number of methoxy groups -OCH3 is 1. The van der Waals surface area contributed by atoms with Crippen molar-refractivity contribution in [3.8, 4) is 5.75 Å². The van der Waals surface area contributed by atoms with Crippen LogP contribution in [0.15, 0.2) is 26.9 Å². The quantitative estimate of drug-likeness (QED) is 0.802. The van der Waals surface area contributed by atoms with E-state index in [9.17, 15) is 8.76 Å². The number of benzene rings is 1. The van der Waals surface area contributed by atoms with Crippen LogP contribution in [-0.4, -0.2) is 15.9 Å². The molecule has 80 valence electrons. The van der Waals surface area contributed by atoms with Crippen LogP contribution < -0.4 is 4.74 Å². The molecule has 3 nitrogen and oxygen atoms in total. The summed E-state index contributed by atoms with van der Waals surface area (Å²) in [4.78, 5) is 0. The lowest BCUT2D eigenvalue weighted by Crippen LogP contribution is -1.82. The standard InChI is InChI=1S/C9H7BrO3S2/c1-13-6-3-2-5-4-7(15(11)12)14-9(5)8(6)10/h2-4H,1H3,(H,11,12)/p-1. The highest BCUT2D eigenvalue weighted by Crippen LogP contribution is 2.38. The Morgan fingerprint density at radius 3 is 2.87 bits per heavy atom. The van der Waals surface area contributed by atoms with Gasteiger partial charge in [-0.1, -0.05) is 0 Å². The molecule has 2 rings (SSSR count). The fourth-order valence-electron chi connectivity index (χ4n) is 1.27. The molecule has 0 aliphatic carbocycles. The Morgan fingerprint density at radius 2 is 2.27 bits per heavy atom. The van der Waals surface area contributed by atoms with Crippen LogP contribution in [0.1, 0.15) is 0 Å². The van der Waals surface area contributed by atoms with Crippen molar-refractivity contribution in [1.29, 1.82) is 0 Å². The maximum absolute atomic E-state index is 10.8. The Morgan fingerprint density at radius 1 is 1.53 bits per heavy atom. The van der Waals surface area contributed by atoms with Crippen LogP contribution in [0, 0.1) is 0 Å². The summed E-state index contributed by atoms with van der Waals surface area (Å²) in [7, 11) is 1.58. The van der Waals surface area contributed by atoms with Crippen LogP contribution in [0.25, 0.3) is 10.1 Å². The average Bonchev–Trinajstić information content (AvgIpc) is 2.63. The van der Waals surface area contributed by atoms with Gasteiger partial charge < -0.3 is 9.29 Å². The Kier molecular flexibility index (Phi) is 3.11. The number of thiophene rings is 1. The van der Waals surface area contributed by atoms with Crippen molar-refractivity contribution < 1.29 is 13.5 Å². The summed E-state index contributed by atoms with van der Waals surface area (Å²) in [6, 6.07) is 5.29. The zero-order chi connectivity index (χ0) is 11.0. The molecule has 0 aliphatic rings. The van der Waals surface area contributed by atoms with E-state index >= 15 is 0 Å². The maximum Gasteiger partial charge on any atom is 0.134 e.